The predicted molar refractivity (Wildman–Crippen MR) is 127 cm³/mol. The van der Waals surface area contributed by atoms with Gasteiger partial charge >= 0.3 is 6.03 Å². The minimum absolute atomic E-state index is 0.195. The van der Waals surface area contributed by atoms with E-state index < -0.39 is 17.8 Å². The second-order valence-corrected chi connectivity index (χ2v) is 8.21. The molecule has 180 valence electrons. The summed E-state index contributed by atoms with van der Waals surface area (Å²) in [6.07, 6.45) is 1.32. The van der Waals surface area contributed by atoms with Crippen LogP contribution in [0.3, 0.4) is 0 Å². The third-order valence-corrected chi connectivity index (χ3v) is 5.73. The maximum atomic E-state index is 13.3. The summed E-state index contributed by atoms with van der Waals surface area (Å²) in [6.45, 7) is 6.83. The van der Waals surface area contributed by atoms with Crippen LogP contribution in [0.1, 0.15) is 19.6 Å². The van der Waals surface area contributed by atoms with Crippen molar-refractivity contribution in [2.75, 3.05) is 49.3 Å². The fourth-order valence-corrected chi connectivity index (χ4v) is 4.21. The highest BCUT2D eigenvalue weighted by atomic mass is 79.9. The molecule has 2 aliphatic heterocycles. The van der Waals surface area contributed by atoms with Gasteiger partial charge in [0.1, 0.15) is 22.8 Å². The van der Waals surface area contributed by atoms with Gasteiger partial charge in [-0.1, -0.05) is 0 Å². The van der Waals surface area contributed by atoms with Crippen molar-refractivity contribution in [3.05, 3.63) is 40.1 Å². The molecule has 0 atom stereocenters. The quantitative estimate of drug-likeness (QED) is 0.426. The summed E-state index contributed by atoms with van der Waals surface area (Å²) >= 11 is 3.47. The van der Waals surface area contributed by atoms with E-state index in [1.165, 1.54) is 6.08 Å². The van der Waals surface area contributed by atoms with Gasteiger partial charge in [0.05, 0.1) is 36.6 Å². The van der Waals surface area contributed by atoms with Crippen LogP contribution in [-0.4, -0.2) is 57.4 Å². The summed E-state index contributed by atoms with van der Waals surface area (Å²) in [7, 11) is 0. The van der Waals surface area contributed by atoms with Gasteiger partial charge in [-0.05, 0) is 48.0 Å². The molecule has 0 spiro atoms. The molecule has 2 fully saturated rings. The minimum Gasteiger partial charge on any atom is -0.494 e. The second kappa shape index (κ2) is 10.3. The van der Waals surface area contributed by atoms with Crippen LogP contribution < -0.4 is 24.6 Å². The number of hydrogen-bond donors (Lipinski definition) is 1. The van der Waals surface area contributed by atoms with E-state index in [0.717, 1.165) is 4.90 Å². The van der Waals surface area contributed by atoms with Crippen molar-refractivity contribution in [3.63, 3.8) is 0 Å². The first-order chi connectivity index (χ1) is 16.4. The topological polar surface area (TPSA) is 111 Å². The molecule has 3 heterocycles. The maximum Gasteiger partial charge on any atom is 0.336 e. The summed E-state index contributed by atoms with van der Waals surface area (Å²) in [6, 6.07) is 5.57. The highest BCUT2D eigenvalue weighted by molar-refractivity contribution is 9.10. The lowest BCUT2D eigenvalue weighted by Gasteiger charge is -2.28. The van der Waals surface area contributed by atoms with Crippen LogP contribution in [0.25, 0.3) is 6.08 Å². The Balaban J connectivity index is 1.67. The molecule has 4 amide bonds. The first-order valence-corrected chi connectivity index (χ1v) is 11.6. The number of carbonyl (C=O) groups is 3. The number of nitrogens with one attached hydrogen (secondary N) is 1. The Morgan fingerprint density at radius 2 is 1.82 bits per heavy atom. The Labute approximate surface area is 204 Å². The van der Waals surface area contributed by atoms with Gasteiger partial charge in [0.15, 0.2) is 0 Å². The van der Waals surface area contributed by atoms with Crippen molar-refractivity contribution in [2.24, 2.45) is 0 Å². The molecule has 0 aliphatic carbocycles. The van der Waals surface area contributed by atoms with Gasteiger partial charge in [-0.15, -0.1) is 0 Å². The van der Waals surface area contributed by atoms with E-state index >= 15 is 0 Å². The number of anilines is 2. The van der Waals surface area contributed by atoms with Crippen molar-refractivity contribution in [3.8, 4) is 11.5 Å². The average Bonchev–Trinajstić information content (AvgIpc) is 3.19. The number of urea groups is 1. The number of amides is 4. The fraction of sp³-hybridized carbons (Fsp3) is 0.348. The molecule has 4 rings (SSSR count). The van der Waals surface area contributed by atoms with E-state index in [2.05, 4.69) is 21.2 Å². The molecule has 1 aromatic carbocycles. The number of nitrogens with zero attached hydrogens (tertiary/aromatic N) is 2. The van der Waals surface area contributed by atoms with Gasteiger partial charge in [-0.3, -0.25) is 14.9 Å². The molecule has 34 heavy (non-hydrogen) atoms. The number of imide groups is 2. The Kier molecular flexibility index (Phi) is 7.23. The zero-order valence-corrected chi connectivity index (χ0v) is 20.3. The van der Waals surface area contributed by atoms with E-state index in [9.17, 15) is 14.4 Å². The molecule has 0 saturated carbocycles. The molecule has 10 nitrogen and oxygen atoms in total. The number of furan rings is 1. The number of rotatable bonds is 7. The van der Waals surface area contributed by atoms with Crippen LogP contribution in [-0.2, 0) is 14.3 Å². The van der Waals surface area contributed by atoms with E-state index in [1.807, 2.05) is 11.8 Å². The molecular formula is C23H24BrN3O7. The normalized spacial score (nSPS) is 17.9. The standard InChI is InChI=1S/C23H24BrN3O7/c1-3-32-14-5-6-18(19(13-14)33-4-2)27-21(29)16(20(28)25-23(27)30)11-15-12-17(24)22(34-15)26-7-9-31-10-8-26/h5-6,11-13H,3-4,7-10H2,1-2H3,(H,25,28,30)/b16-11+. The van der Waals surface area contributed by atoms with Crippen molar-refractivity contribution in [2.45, 2.75) is 13.8 Å². The smallest absolute Gasteiger partial charge is 0.336 e. The molecule has 1 N–H and O–H groups in total. The molecule has 2 aliphatic rings. The van der Waals surface area contributed by atoms with Gasteiger partial charge in [0.2, 0.25) is 5.88 Å². The first kappa shape index (κ1) is 23.8. The zero-order valence-electron chi connectivity index (χ0n) is 18.8. The number of barbiturate groups is 1. The molecule has 2 saturated heterocycles. The second-order valence-electron chi connectivity index (χ2n) is 7.35. The summed E-state index contributed by atoms with van der Waals surface area (Å²) < 4.78 is 23.1. The van der Waals surface area contributed by atoms with Crippen molar-refractivity contribution in [1.82, 2.24) is 5.32 Å². The van der Waals surface area contributed by atoms with E-state index in [-0.39, 0.29) is 22.8 Å². The summed E-state index contributed by atoms with van der Waals surface area (Å²) in [4.78, 5) is 41.4. The van der Waals surface area contributed by atoms with Crippen molar-refractivity contribution >= 4 is 51.4 Å². The number of halogens is 1. The Hall–Kier alpha value is -3.31. The summed E-state index contributed by atoms with van der Waals surface area (Å²) in [5, 5.41) is 2.21. The lowest BCUT2D eigenvalue weighted by atomic mass is 10.1. The molecule has 0 bridgehead atoms. The van der Waals surface area contributed by atoms with Crippen LogP contribution in [0.2, 0.25) is 0 Å². The predicted octanol–water partition coefficient (Wildman–Crippen LogP) is 3.34. The van der Waals surface area contributed by atoms with E-state index in [0.29, 0.717) is 55.6 Å². The van der Waals surface area contributed by atoms with Gasteiger partial charge in [0.25, 0.3) is 11.8 Å². The molecule has 11 heteroatoms. The van der Waals surface area contributed by atoms with Crippen LogP contribution in [0, 0.1) is 0 Å². The lowest BCUT2D eigenvalue weighted by molar-refractivity contribution is -0.122. The number of hydrogen-bond acceptors (Lipinski definition) is 8. The molecule has 2 aromatic rings. The molecular weight excluding hydrogens is 510 g/mol. The lowest BCUT2D eigenvalue weighted by Crippen LogP contribution is -2.54. The third kappa shape index (κ3) is 4.80. The van der Waals surface area contributed by atoms with Crippen molar-refractivity contribution in [1.29, 1.82) is 0 Å². The van der Waals surface area contributed by atoms with E-state index in [1.54, 1.807) is 31.2 Å². The summed E-state index contributed by atoms with van der Waals surface area (Å²) in [5.41, 5.74) is -0.0495. The fourth-order valence-electron chi connectivity index (χ4n) is 3.65. The number of carbonyl (C=O) groups excluding carboxylic acids is 3. The van der Waals surface area contributed by atoms with Gasteiger partial charge in [-0.2, -0.15) is 0 Å². The van der Waals surface area contributed by atoms with E-state index in [4.69, 9.17) is 18.6 Å². The number of ether oxygens (including phenoxy) is 3. The van der Waals surface area contributed by atoms with Crippen LogP contribution >= 0.6 is 15.9 Å². The van der Waals surface area contributed by atoms with Crippen LogP contribution in [0.5, 0.6) is 11.5 Å². The van der Waals surface area contributed by atoms with Crippen molar-refractivity contribution < 1.29 is 33.0 Å². The highest BCUT2D eigenvalue weighted by Crippen LogP contribution is 2.36. The Morgan fingerprint density at radius 3 is 2.53 bits per heavy atom. The monoisotopic (exact) mass is 533 g/mol. The molecule has 0 unspecified atom stereocenters. The summed E-state index contributed by atoms with van der Waals surface area (Å²) in [5.74, 6) is 0.0770. The van der Waals surface area contributed by atoms with Crippen LogP contribution in [0.15, 0.2) is 38.7 Å². The molecule has 0 radical (unpaired) electrons. The SMILES string of the molecule is CCOc1ccc(N2C(=O)NC(=O)/C(=C\c3cc(Br)c(N4CCOCC4)o3)C2=O)c(OCC)c1. The third-order valence-electron chi connectivity index (χ3n) is 5.16. The van der Waals surface area contributed by atoms with Gasteiger partial charge in [-0.25, -0.2) is 9.69 Å². The minimum atomic E-state index is -0.869. The first-order valence-electron chi connectivity index (χ1n) is 10.9. The average molecular weight is 534 g/mol. The Morgan fingerprint density at radius 1 is 1.09 bits per heavy atom. The maximum absolute atomic E-state index is 13.3. The molecule has 1 aromatic heterocycles. The highest BCUT2D eigenvalue weighted by Gasteiger charge is 2.38. The van der Waals surface area contributed by atoms with Gasteiger partial charge < -0.3 is 23.5 Å². The number of morpholine rings is 1. The number of benzene rings is 1. The van der Waals surface area contributed by atoms with Crippen LogP contribution in [0.4, 0.5) is 16.4 Å². The van der Waals surface area contributed by atoms with Gasteiger partial charge in [0, 0.05) is 25.2 Å². The Bertz CT molecular complexity index is 1140. The zero-order chi connectivity index (χ0) is 24.2. The largest absolute Gasteiger partial charge is 0.494 e.